The molecule has 142 valence electrons. The number of para-hydroxylation sites is 1. The first-order chi connectivity index (χ1) is 13.1. The fourth-order valence-electron chi connectivity index (χ4n) is 2.86. The van der Waals surface area contributed by atoms with Gasteiger partial charge in [0.25, 0.3) is 5.91 Å². The second-order valence-electron chi connectivity index (χ2n) is 6.04. The summed E-state index contributed by atoms with van der Waals surface area (Å²) >= 11 is 3.33. The van der Waals surface area contributed by atoms with Crippen LogP contribution in [-0.2, 0) is 4.79 Å². The maximum atomic E-state index is 12.3. The summed E-state index contributed by atoms with van der Waals surface area (Å²) in [6, 6.07) is 12.3. The van der Waals surface area contributed by atoms with Gasteiger partial charge in [-0.05, 0) is 37.6 Å². The van der Waals surface area contributed by atoms with Crippen LogP contribution in [-0.4, -0.2) is 29.9 Å². The SMILES string of the molecule is CCOc1ccccc1C1CC(C(=O)N/N=C/c2cc(Br)ccc2O)NN1. The van der Waals surface area contributed by atoms with Crippen LogP contribution in [0.3, 0.4) is 0 Å². The van der Waals surface area contributed by atoms with Crippen LogP contribution in [0.25, 0.3) is 0 Å². The van der Waals surface area contributed by atoms with Crippen molar-refractivity contribution in [1.82, 2.24) is 16.3 Å². The van der Waals surface area contributed by atoms with Gasteiger partial charge in [0.05, 0.1) is 18.9 Å². The van der Waals surface area contributed by atoms with Gasteiger partial charge in [-0.15, -0.1) is 0 Å². The number of nitrogens with zero attached hydrogens (tertiary/aromatic N) is 1. The van der Waals surface area contributed by atoms with Crippen LogP contribution in [0.15, 0.2) is 52.0 Å². The van der Waals surface area contributed by atoms with Crippen molar-refractivity contribution in [2.24, 2.45) is 5.10 Å². The Morgan fingerprint density at radius 2 is 2.19 bits per heavy atom. The number of aromatic hydroxyl groups is 1. The molecule has 1 aliphatic rings. The van der Waals surface area contributed by atoms with Gasteiger partial charge in [0.1, 0.15) is 17.5 Å². The number of hydrazine groups is 1. The Hall–Kier alpha value is -2.42. The van der Waals surface area contributed by atoms with Crippen LogP contribution in [0.1, 0.15) is 30.5 Å². The van der Waals surface area contributed by atoms with Gasteiger partial charge in [0, 0.05) is 15.6 Å². The zero-order valence-corrected chi connectivity index (χ0v) is 16.4. The lowest BCUT2D eigenvalue weighted by Gasteiger charge is -2.15. The fraction of sp³-hybridized carbons (Fsp3) is 0.263. The maximum absolute atomic E-state index is 12.3. The number of carbonyl (C=O) groups excluding carboxylic acids is 1. The van der Waals surface area contributed by atoms with Gasteiger partial charge >= 0.3 is 0 Å². The number of halogens is 1. The normalized spacial score (nSPS) is 19.3. The minimum absolute atomic E-state index is 0.0402. The third-order valence-electron chi connectivity index (χ3n) is 4.18. The second kappa shape index (κ2) is 8.98. The number of amides is 1. The quantitative estimate of drug-likeness (QED) is 0.415. The Bertz CT molecular complexity index is 843. The third kappa shape index (κ3) is 4.85. The van der Waals surface area contributed by atoms with Crippen LogP contribution in [0, 0.1) is 0 Å². The number of carbonyl (C=O) groups is 1. The van der Waals surface area contributed by atoms with Crippen LogP contribution < -0.4 is 21.0 Å². The molecule has 0 radical (unpaired) electrons. The van der Waals surface area contributed by atoms with Gasteiger partial charge in [-0.25, -0.2) is 16.3 Å². The summed E-state index contributed by atoms with van der Waals surface area (Å²) in [6.07, 6.45) is 1.97. The second-order valence-corrected chi connectivity index (χ2v) is 6.95. The summed E-state index contributed by atoms with van der Waals surface area (Å²) in [5.41, 5.74) is 10.1. The highest BCUT2D eigenvalue weighted by atomic mass is 79.9. The van der Waals surface area contributed by atoms with Gasteiger partial charge < -0.3 is 9.84 Å². The lowest BCUT2D eigenvalue weighted by Crippen LogP contribution is -2.41. The van der Waals surface area contributed by atoms with E-state index in [0.717, 1.165) is 15.8 Å². The minimum atomic E-state index is -0.432. The highest BCUT2D eigenvalue weighted by molar-refractivity contribution is 9.10. The van der Waals surface area contributed by atoms with Crippen molar-refractivity contribution in [3.05, 3.63) is 58.1 Å². The van der Waals surface area contributed by atoms with E-state index in [1.807, 2.05) is 31.2 Å². The topological polar surface area (TPSA) is 95.0 Å². The number of ether oxygens (including phenoxy) is 1. The molecule has 1 saturated heterocycles. The minimum Gasteiger partial charge on any atom is -0.507 e. The third-order valence-corrected chi connectivity index (χ3v) is 4.68. The summed E-state index contributed by atoms with van der Waals surface area (Å²) in [5, 5.41) is 13.7. The smallest absolute Gasteiger partial charge is 0.258 e. The molecule has 3 rings (SSSR count). The van der Waals surface area contributed by atoms with Gasteiger partial charge in [-0.1, -0.05) is 34.1 Å². The summed E-state index contributed by atoms with van der Waals surface area (Å²) in [6.45, 7) is 2.52. The van der Waals surface area contributed by atoms with E-state index in [2.05, 4.69) is 37.3 Å². The largest absolute Gasteiger partial charge is 0.507 e. The van der Waals surface area contributed by atoms with E-state index < -0.39 is 6.04 Å². The molecule has 2 aromatic carbocycles. The molecular formula is C19H21BrN4O3. The molecule has 1 heterocycles. The van der Waals surface area contributed by atoms with E-state index in [1.165, 1.54) is 6.21 Å². The molecule has 2 aromatic rings. The highest BCUT2D eigenvalue weighted by Crippen LogP contribution is 2.30. The van der Waals surface area contributed by atoms with Crippen molar-refractivity contribution >= 4 is 28.1 Å². The standard InChI is InChI=1S/C19H21BrN4O3/c1-2-27-18-6-4-3-5-14(18)15-10-16(23-22-15)19(26)24-21-11-12-9-13(20)7-8-17(12)25/h3-9,11,15-16,22-23,25H,2,10H2,1H3,(H,24,26)/b21-11+. The van der Waals surface area contributed by atoms with Crippen LogP contribution in [0.5, 0.6) is 11.5 Å². The molecule has 0 saturated carbocycles. The number of hydrogen-bond acceptors (Lipinski definition) is 6. The van der Waals surface area contributed by atoms with Gasteiger partial charge in [0.2, 0.25) is 0 Å². The summed E-state index contributed by atoms with van der Waals surface area (Å²) in [7, 11) is 0. The Balaban J connectivity index is 1.59. The summed E-state index contributed by atoms with van der Waals surface area (Å²) in [4.78, 5) is 12.3. The monoisotopic (exact) mass is 432 g/mol. The lowest BCUT2D eigenvalue weighted by atomic mass is 10.0. The molecule has 0 aromatic heterocycles. The predicted octanol–water partition coefficient (Wildman–Crippen LogP) is 2.61. The summed E-state index contributed by atoms with van der Waals surface area (Å²) in [5.74, 6) is 0.637. The number of hydrogen-bond donors (Lipinski definition) is 4. The van der Waals surface area contributed by atoms with Crippen molar-refractivity contribution in [3.8, 4) is 11.5 Å². The first-order valence-electron chi connectivity index (χ1n) is 8.62. The Morgan fingerprint density at radius 3 is 3.00 bits per heavy atom. The number of phenols is 1. The molecule has 4 N–H and O–H groups in total. The van der Waals surface area contributed by atoms with E-state index in [1.54, 1.807) is 18.2 Å². The van der Waals surface area contributed by atoms with Crippen molar-refractivity contribution in [1.29, 1.82) is 0 Å². The Kier molecular flexibility index (Phi) is 6.44. The predicted molar refractivity (Wildman–Crippen MR) is 107 cm³/mol. The molecule has 2 unspecified atom stereocenters. The van der Waals surface area contributed by atoms with E-state index in [0.29, 0.717) is 18.6 Å². The molecule has 0 aliphatic carbocycles. The van der Waals surface area contributed by atoms with Gasteiger partial charge in [-0.2, -0.15) is 5.10 Å². The highest BCUT2D eigenvalue weighted by Gasteiger charge is 2.31. The molecule has 0 bridgehead atoms. The molecule has 7 nitrogen and oxygen atoms in total. The van der Waals surface area contributed by atoms with E-state index in [9.17, 15) is 9.90 Å². The van der Waals surface area contributed by atoms with Crippen molar-refractivity contribution in [2.45, 2.75) is 25.4 Å². The molecule has 1 amide bonds. The maximum Gasteiger partial charge on any atom is 0.258 e. The molecule has 8 heteroatoms. The van der Waals surface area contributed by atoms with Crippen molar-refractivity contribution in [2.75, 3.05) is 6.61 Å². The van der Waals surface area contributed by atoms with Gasteiger partial charge in [0.15, 0.2) is 0 Å². The number of hydrazone groups is 1. The Morgan fingerprint density at radius 1 is 1.37 bits per heavy atom. The number of rotatable bonds is 6. The van der Waals surface area contributed by atoms with Crippen molar-refractivity contribution < 1.29 is 14.6 Å². The van der Waals surface area contributed by atoms with Crippen LogP contribution in [0.2, 0.25) is 0 Å². The number of benzene rings is 2. The molecule has 2 atom stereocenters. The molecule has 1 aliphatic heterocycles. The Labute approximate surface area is 165 Å². The van der Waals surface area contributed by atoms with Gasteiger partial charge in [-0.3, -0.25) is 4.79 Å². The van der Waals surface area contributed by atoms with Crippen LogP contribution in [0.4, 0.5) is 0 Å². The zero-order chi connectivity index (χ0) is 19.2. The zero-order valence-electron chi connectivity index (χ0n) is 14.8. The number of nitrogens with one attached hydrogen (secondary N) is 3. The lowest BCUT2D eigenvalue weighted by molar-refractivity contribution is -0.122. The number of phenolic OH excluding ortho intramolecular Hbond substituents is 1. The van der Waals surface area contributed by atoms with E-state index in [4.69, 9.17) is 4.74 Å². The molecule has 0 spiro atoms. The molecular weight excluding hydrogens is 412 g/mol. The van der Waals surface area contributed by atoms with Crippen LogP contribution >= 0.6 is 15.9 Å². The molecule has 1 fully saturated rings. The van der Waals surface area contributed by atoms with E-state index >= 15 is 0 Å². The molecule has 27 heavy (non-hydrogen) atoms. The van der Waals surface area contributed by atoms with E-state index in [-0.39, 0.29) is 17.7 Å². The van der Waals surface area contributed by atoms with Crippen molar-refractivity contribution in [3.63, 3.8) is 0 Å². The first kappa shape index (κ1) is 19.3. The summed E-state index contributed by atoms with van der Waals surface area (Å²) < 4.78 is 6.47. The first-order valence-corrected chi connectivity index (χ1v) is 9.42. The average molecular weight is 433 g/mol. The average Bonchev–Trinajstić information content (AvgIpc) is 3.15. The fourth-order valence-corrected chi connectivity index (χ4v) is 3.24.